The maximum Gasteiger partial charge on any atom is 0.177 e. The number of hydrogen-bond donors (Lipinski definition) is 1. The van der Waals surface area contributed by atoms with E-state index in [1.165, 1.54) is 6.26 Å². The molecular weight excluding hydrogens is 338 g/mol. The third-order valence-electron chi connectivity index (χ3n) is 3.07. The molecule has 0 aliphatic rings. The first-order valence-electron chi connectivity index (χ1n) is 6.16. The molecule has 106 valence electrons. The number of rotatable bonds is 4. The van der Waals surface area contributed by atoms with Gasteiger partial charge in [0.2, 0.25) is 0 Å². The predicted octanol–water partition coefficient (Wildman–Crippen LogP) is 3.77. The number of hydrogen-bond acceptors (Lipinski definition) is 3. The highest BCUT2D eigenvalue weighted by Crippen LogP contribution is 2.22. The van der Waals surface area contributed by atoms with Crippen LogP contribution in [0.5, 0.6) is 0 Å². The van der Waals surface area contributed by atoms with E-state index in [0.717, 1.165) is 15.6 Å². The minimum atomic E-state index is -3.23. The smallest absolute Gasteiger partial charge is 0.177 e. The molecule has 2 aromatic rings. The molecule has 0 unspecified atom stereocenters. The molecule has 20 heavy (non-hydrogen) atoms. The van der Waals surface area contributed by atoms with E-state index in [9.17, 15) is 8.42 Å². The number of halogens is 1. The Hall–Kier alpha value is -1.33. The van der Waals surface area contributed by atoms with Gasteiger partial charge in [0.1, 0.15) is 0 Å². The summed E-state index contributed by atoms with van der Waals surface area (Å²) in [5, 5.41) is 3.20. The van der Waals surface area contributed by atoms with Gasteiger partial charge in [-0.25, -0.2) is 8.42 Å². The van der Waals surface area contributed by atoms with Gasteiger partial charge in [0.25, 0.3) is 0 Å². The van der Waals surface area contributed by atoms with Crippen LogP contribution in [0.1, 0.15) is 11.1 Å². The van der Waals surface area contributed by atoms with Crippen LogP contribution >= 0.6 is 15.9 Å². The van der Waals surface area contributed by atoms with Crippen molar-refractivity contribution in [3.63, 3.8) is 0 Å². The molecule has 3 nitrogen and oxygen atoms in total. The van der Waals surface area contributed by atoms with Gasteiger partial charge in [0.05, 0.1) is 10.6 Å². The van der Waals surface area contributed by atoms with Crippen LogP contribution in [0.3, 0.4) is 0 Å². The summed E-state index contributed by atoms with van der Waals surface area (Å²) in [7, 11) is -3.23. The van der Waals surface area contributed by atoms with E-state index >= 15 is 0 Å². The Morgan fingerprint density at radius 2 is 1.85 bits per heavy atom. The maximum atomic E-state index is 11.7. The van der Waals surface area contributed by atoms with Gasteiger partial charge in [-0.3, -0.25) is 0 Å². The van der Waals surface area contributed by atoms with Crippen LogP contribution in [0, 0.1) is 6.92 Å². The van der Waals surface area contributed by atoms with Crippen LogP contribution in [0.25, 0.3) is 0 Å². The Morgan fingerprint density at radius 1 is 1.15 bits per heavy atom. The average Bonchev–Trinajstić information content (AvgIpc) is 2.39. The first-order chi connectivity index (χ1) is 9.38. The molecule has 0 aliphatic heterocycles. The second-order valence-corrected chi connectivity index (χ2v) is 7.59. The van der Waals surface area contributed by atoms with E-state index in [1.807, 2.05) is 31.2 Å². The zero-order chi connectivity index (χ0) is 14.8. The first kappa shape index (κ1) is 15.1. The van der Waals surface area contributed by atoms with Gasteiger partial charge in [0.15, 0.2) is 9.84 Å². The molecule has 0 heterocycles. The van der Waals surface area contributed by atoms with Crippen molar-refractivity contribution in [2.75, 3.05) is 11.6 Å². The lowest BCUT2D eigenvalue weighted by atomic mass is 10.1. The molecule has 0 aromatic heterocycles. The molecule has 0 bridgehead atoms. The second kappa shape index (κ2) is 5.97. The Bertz CT molecular complexity index is 726. The fourth-order valence-electron chi connectivity index (χ4n) is 1.96. The van der Waals surface area contributed by atoms with Crippen molar-refractivity contribution in [3.8, 4) is 0 Å². The lowest BCUT2D eigenvalue weighted by molar-refractivity contribution is 0.602. The maximum absolute atomic E-state index is 11.7. The Morgan fingerprint density at radius 3 is 2.55 bits per heavy atom. The van der Waals surface area contributed by atoms with E-state index in [0.29, 0.717) is 17.1 Å². The van der Waals surface area contributed by atoms with Gasteiger partial charge in [-0.1, -0.05) is 34.1 Å². The summed E-state index contributed by atoms with van der Waals surface area (Å²) in [4.78, 5) is 0.327. The number of benzene rings is 2. The van der Waals surface area contributed by atoms with Gasteiger partial charge in [-0.05, 0) is 42.3 Å². The van der Waals surface area contributed by atoms with Gasteiger partial charge in [-0.15, -0.1) is 0 Å². The largest absolute Gasteiger partial charge is 0.380 e. The van der Waals surface area contributed by atoms with Crippen LogP contribution in [0.2, 0.25) is 0 Å². The highest BCUT2D eigenvalue weighted by Gasteiger charge is 2.12. The predicted molar refractivity (Wildman–Crippen MR) is 85.8 cm³/mol. The summed E-state index contributed by atoms with van der Waals surface area (Å²) in [6.45, 7) is 2.61. The van der Waals surface area contributed by atoms with Crippen molar-refractivity contribution in [1.82, 2.24) is 0 Å². The number of aryl methyl sites for hydroxylation is 1. The Kier molecular flexibility index (Phi) is 4.50. The lowest BCUT2D eigenvalue weighted by Gasteiger charge is -2.12. The van der Waals surface area contributed by atoms with E-state index in [-0.39, 0.29) is 0 Å². The van der Waals surface area contributed by atoms with E-state index in [4.69, 9.17) is 0 Å². The SMILES string of the molecule is Cc1ccc(Br)cc1CNc1ccccc1S(C)(=O)=O. The summed E-state index contributed by atoms with van der Waals surface area (Å²) in [6.07, 6.45) is 1.22. The van der Waals surface area contributed by atoms with E-state index in [1.54, 1.807) is 18.2 Å². The molecule has 0 atom stereocenters. The molecule has 0 amide bonds. The Balaban J connectivity index is 2.26. The number of nitrogens with one attached hydrogen (secondary N) is 1. The van der Waals surface area contributed by atoms with Crippen LogP contribution in [0.4, 0.5) is 5.69 Å². The van der Waals surface area contributed by atoms with Crippen molar-refractivity contribution in [1.29, 1.82) is 0 Å². The summed E-state index contributed by atoms with van der Waals surface area (Å²) in [5.41, 5.74) is 2.93. The second-order valence-electron chi connectivity index (χ2n) is 4.69. The molecular formula is C15H16BrNO2S. The lowest BCUT2D eigenvalue weighted by Crippen LogP contribution is -2.06. The zero-order valence-corrected chi connectivity index (χ0v) is 13.8. The summed E-state index contributed by atoms with van der Waals surface area (Å²) < 4.78 is 24.5. The molecule has 5 heteroatoms. The van der Waals surface area contributed by atoms with Crippen molar-refractivity contribution in [2.45, 2.75) is 18.4 Å². The minimum absolute atomic E-state index is 0.327. The zero-order valence-electron chi connectivity index (χ0n) is 11.4. The number of anilines is 1. The summed E-state index contributed by atoms with van der Waals surface area (Å²) in [5.74, 6) is 0. The fraction of sp³-hybridized carbons (Fsp3) is 0.200. The van der Waals surface area contributed by atoms with Crippen LogP contribution in [-0.4, -0.2) is 14.7 Å². The first-order valence-corrected chi connectivity index (χ1v) is 8.84. The quantitative estimate of drug-likeness (QED) is 0.909. The normalized spacial score (nSPS) is 11.3. The third-order valence-corrected chi connectivity index (χ3v) is 4.72. The van der Waals surface area contributed by atoms with Crippen LogP contribution < -0.4 is 5.32 Å². The van der Waals surface area contributed by atoms with Crippen LogP contribution in [0.15, 0.2) is 51.8 Å². The highest BCUT2D eigenvalue weighted by atomic mass is 79.9. The number of sulfone groups is 1. The van der Waals surface area contributed by atoms with Gasteiger partial charge in [-0.2, -0.15) is 0 Å². The molecule has 0 fully saturated rings. The van der Waals surface area contributed by atoms with Crippen molar-refractivity contribution < 1.29 is 8.42 Å². The monoisotopic (exact) mass is 353 g/mol. The summed E-state index contributed by atoms with van der Waals surface area (Å²) >= 11 is 3.45. The Labute approximate surface area is 128 Å². The highest BCUT2D eigenvalue weighted by molar-refractivity contribution is 9.10. The van der Waals surface area contributed by atoms with E-state index in [2.05, 4.69) is 21.2 Å². The van der Waals surface area contributed by atoms with Crippen molar-refractivity contribution >= 4 is 31.5 Å². The van der Waals surface area contributed by atoms with Crippen LogP contribution in [-0.2, 0) is 16.4 Å². The van der Waals surface area contributed by atoms with Crippen molar-refractivity contribution in [2.24, 2.45) is 0 Å². The molecule has 2 aromatic carbocycles. The molecule has 0 saturated heterocycles. The van der Waals surface area contributed by atoms with E-state index < -0.39 is 9.84 Å². The topological polar surface area (TPSA) is 46.2 Å². The molecule has 2 rings (SSSR count). The molecule has 0 spiro atoms. The average molecular weight is 354 g/mol. The number of para-hydroxylation sites is 1. The van der Waals surface area contributed by atoms with Gasteiger partial charge < -0.3 is 5.32 Å². The third kappa shape index (κ3) is 3.61. The minimum Gasteiger partial charge on any atom is -0.380 e. The summed E-state index contributed by atoms with van der Waals surface area (Å²) in [6, 6.07) is 13.0. The van der Waals surface area contributed by atoms with Gasteiger partial charge in [0, 0.05) is 17.3 Å². The molecule has 0 aliphatic carbocycles. The van der Waals surface area contributed by atoms with Crippen molar-refractivity contribution in [3.05, 3.63) is 58.1 Å². The molecule has 1 N–H and O–H groups in total. The molecule has 0 radical (unpaired) electrons. The van der Waals surface area contributed by atoms with Gasteiger partial charge >= 0.3 is 0 Å². The standard InChI is InChI=1S/C15H16BrNO2S/c1-11-7-8-13(16)9-12(11)10-17-14-5-3-4-6-15(14)20(2,18)19/h3-9,17H,10H2,1-2H3. The molecule has 0 saturated carbocycles. The fourth-order valence-corrected chi connectivity index (χ4v) is 3.23.